The molecule has 1 heterocycles. The zero-order valence-electron chi connectivity index (χ0n) is 8.47. The number of rotatable bonds is 3. The Balaban J connectivity index is 2.22. The van der Waals surface area contributed by atoms with Gasteiger partial charge in [-0.3, -0.25) is 4.79 Å². The summed E-state index contributed by atoms with van der Waals surface area (Å²) in [5, 5.41) is 5.98. The molecule has 0 radical (unpaired) electrons. The van der Waals surface area contributed by atoms with Crippen LogP contribution in [-0.2, 0) is 4.79 Å². The van der Waals surface area contributed by atoms with Crippen LogP contribution in [0.25, 0.3) is 0 Å². The van der Waals surface area contributed by atoms with Crippen LogP contribution in [0.5, 0.6) is 0 Å². The predicted molar refractivity (Wildman–Crippen MR) is 52.6 cm³/mol. The molecular formula is C9H19N3O. The smallest absolute Gasteiger partial charge is 0.219 e. The summed E-state index contributed by atoms with van der Waals surface area (Å²) in [5.74, 6) is 0.138. The van der Waals surface area contributed by atoms with Gasteiger partial charge in [0.25, 0.3) is 0 Å². The average Bonchev–Trinajstić information content (AvgIpc) is 2.16. The Kier molecular flexibility index (Phi) is 4.18. The molecule has 1 fully saturated rings. The number of hydrogen-bond acceptors (Lipinski definition) is 3. The van der Waals surface area contributed by atoms with Gasteiger partial charge in [0.2, 0.25) is 5.91 Å². The third kappa shape index (κ3) is 3.32. The van der Waals surface area contributed by atoms with Crippen molar-refractivity contribution < 1.29 is 4.79 Å². The first-order chi connectivity index (χ1) is 6.24. The van der Waals surface area contributed by atoms with Crippen LogP contribution in [0.3, 0.4) is 0 Å². The lowest BCUT2D eigenvalue weighted by atomic mass is 10.1. The third-order valence-corrected chi connectivity index (χ3v) is 2.63. The van der Waals surface area contributed by atoms with Crippen molar-refractivity contribution in [2.24, 2.45) is 0 Å². The molecular weight excluding hydrogens is 166 g/mol. The van der Waals surface area contributed by atoms with E-state index in [4.69, 9.17) is 0 Å². The average molecular weight is 185 g/mol. The lowest BCUT2D eigenvalue weighted by Gasteiger charge is -2.32. The van der Waals surface area contributed by atoms with E-state index in [0.29, 0.717) is 12.5 Å². The van der Waals surface area contributed by atoms with Crippen molar-refractivity contribution in [1.82, 2.24) is 15.5 Å². The van der Waals surface area contributed by atoms with E-state index in [1.165, 1.54) is 0 Å². The maximum absolute atomic E-state index is 11.0. The van der Waals surface area contributed by atoms with Gasteiger partial charge in [-0.2, -0.15) is 0 Å². The Morgan fingerprint density at radius 3 is 3.08 bits per heavy atom. The molecule has 1 amide bonds. The molecule has 1 atom stereocenters. The van der Waals surface area contributed by atoms with Gasteiger partial charge in [-0.05, 0) is 13.5 Å². The van der Waals surface area contributed by atoms with E-state index in [2.05, 4.69) is 22.6 Å². The van der Waals surface area contributed by atoms with Gasteiger partial charge in [0.05, 0.1) is 0 Å². The van der Waals surface area contributed by atoms with E-state index in [1.807, 2.05) is 0 Å². The minimum absolute atomic E-state index is 0.138. The molecule has 0 aromatic carbocycles. The van der Waals surface area contributed by atoms with Gasteiger partial charge in [0.15, 0.2) is 0 Å². The summed E-state index contributed by atoms with van der Waals surface area (Å²) in [5.41, 5.74) is 0. The van der Waals surface area contributed by atoms with Crippen LogP contribution in [0.4, 0.5) is 0 Å². The summed E-state index contributed by atoms with van der Waals surface area (Å²) in [6.07, 6.45) is 1.58. The summed E-state index contributed by atoms with van der Waals surface area (Å²) in [6.45, 7) is 3.15. The van der Waals surface area contributed by atoms with Crippen LogP contribution in [0, 0.1) is 0 Å². The molecule has 0 spiro atoms. The monoisotopic (exact) mass is 185 g/mol. The van der Waals surface area contributed by atoms with Crippen molar-refractivity contribution in [2.45, 2.75) is 18.9 Å². The van der Waals surface area contributed by atoms with E-state index in [0.717, 1.165) is 26.1 Å². The molecule has 1 aliphatic heterocycles. The Morgan fingerprint density at radius 1 is 1.69 bits per heavy atom. The van der Waals surface area contributed by atoms with Gasteiger partial charge >= 0.3 is 0 Å². The van der Waals surface area contributed by atoms with Gasteiger partial charge in [-0.25, -0.2) is 0 Å². The van der Waals surface area contributed by atoms with E-state index >= 15 is 0 Å². The second kappa shape index (κ2) is 5.19. The van der Waals surface area contributed by atoms with Crippen molar-refractivity contribution >= 4 is 5.91 Å². The van der Waals surface area contributed by atoms with E-state index < -0.39 is 0 Å². The molecule has 1 unspecified atom stereocenters. The largest absolute Gasteiger partial charge is 0.359 e. The molecule has 0 aromatic rings. The Labute approximate surface area is 79.7 Å². The standard InChI is InChI=1S/C9H19N3O/c1-10-9(13)4-3-8-7-11-5-6-12(8)2/h8,11H,3-7H2,1-2H3,(H,10,13). The van der Waals surface area contributed by atoms with Crippen molar-refractivity contribution in [3.8, 4) is 0 Å². The molecule has 2 N–H and O–H groups in total. The number of amides is 1. The van der Waals surface area contributed by atoms with Crippen LogP contribution in [-0.4, -0.2) is 50.6 Å². The quantitative estimate of drug-likeness (QED) is 0.618. The molecule has 1 aliphatic rings. The Hall–Kier alpha value is -0.610. The highest BCUT2D eigenvalue weighted by Gasteiger charge is 2.18. The highest BCUT2D eigenvalue weighted by atomic mass is 16.1. The highest BCUT2D eigenvalue weighted by Crippen LogP contribution is 2.06. The van der Waals surface area contributed by atoms with Gasteiger partial charge in [0, 0.05) is 39.1 Å². The van der Waals surface area contributed by atoms with Gasteiger partial charge < -0.3 is 15.5 Å². The maximum atomic E-state index is 11.0. The zero-order valence-corrected chi connectivity index (χ0v) is 8.47. The van der Waals surface area contributed by atoms with Gasteiger partial charge in [0.1, 0.15) is 0 Å². The third-order valence-electron chi connectivity index (χ3n) is 2.63. The number of carbonyl (C=O) groups excluding carboxylic acids is 1. The lowest BCUT2D eigenvalue weighted by molar-refractivity contribution is -0.120. The van der Waals surface area contributed by atoms with Crippen LogP contribution < -0.4 is 10.6 Å². The topological polar surface area (TPSA) is 44.4 Å². The number of piperazine rings is 1. The second-order valence-electron chi connectivity index (χ2n) is 3.55. The van der Waals surface area contributed by atoms with Crippen molar-refractivity contribution in [3.05, 3.63) is 0 Å². The fourth-order valence-electron chi connectivity index (χ4n) is 1.61. The van der Waals surface area contributed by atoms with Crippen LogP contribution in [0.15, 0.2) is 0 Å². The fraction of sp³-hybridized carbons (Fsp3) is 0.889. The lowest BCUT2D eigenvalue weighted by Crippen LogP contribution is -2.49. The number of hydrogen-bond donors (Lipinski definition) is 2. The molecule has 0 aromatic heterocycles. The van der Waals surface area contributed by atoms with Gasteiger partial charge in [-0.1, -0.05) is 0 Å². The van der Waals surface area contributed by atoms with E-state index in [-0.39, 0.29) is 5.91 Å². The van der Waals surface area contributed by atoms with Crippen molar-refractivity contribution in [1.29, 1.82) is 0 Å². The molecule has 4 heteroatoms. The van der Waals surface area contributed by atoms with E-state index in [1.54, 1.807) is 7.05 Å². The molecule has 1 rings (SSSR count). The molecule has 4 nitrogen and oxygen atoms in total. The summed E-state index contributed by atoms with van der Waals surface area (Å²) < 4.78 is 0. The first-order valence-electron chi connectivity index (χ1n) is 4.85. The highest BCUT2D eigenvalue weighted by molar-refractivity contribution is 5.75. The normalized spacial score (nSPS) is 24.3. The summed E-state index contributed by atoms with van der Waals surface area (Å²) in [7, 11) is 3.81. The Bertz CT molecular complexity index is 172. The van der Waals surface area contributed by atoms with E-state index in [9.17, 15) is 4.79 Å². The van der Waals surface area contributed by atoms with Crippen molar-refractivity contribution in [2.75, 3.05) is 33.7 Å². The summed E-state index contributed by atoms with van der Waals surface area (Å²) in [4.78, 5) is 13.3. The van der Waals surface area contributed by atoms with Crippen molar-refractivity contribution in [3.63, 3.8) is 0 Å². The SMILES string of the molecule is CNC(=O)CCC1CNCCN1C. The summed E-state index contributed by atoms with van der Waals surface area (Å²) >= 11 is 0. The molecule has 0 bridgehead atoms. The summed E-state index contributed by atoms with van der Waals surface area (Å²) in [6, 6.07) is 0.519. The predicted octanol–water partition coefficient (Wildman–Crippen LogP) is -0.584. The number of carbonyl (C=O) groups is 1. The number of likely N-dealkylation sites (N-methyl/N-ethyl adjacent to an activating group) is 1. The van der Waals surface area contributed by atoms with Crippen LogP contribution >= 0.6 is 0 Å². The number of nitrogens with zero attached hydrogens (tertiary/aromatic N) is 1. The minimum atomic E-state index is 0.138. The number of nitrogens with one attached hydrogen (secondary N) is 2. The van der Waals surface area contributed by atoms with Gasteiger partial charge in [-0.15, -0.1) is 0 Å². The molecule has 76 valence electrons. The van der Waals surface area contributed by atoms with Crippen LogP contribution in [0.2, 0.25) is 0 Å². The molecule has 0 saturated carbocycles. The molecule has 13 heavy (non-hydrogen) atoms. The first kappa shape index (κ1) is 10.5. The first-order valence-corrected chi connectivity index (χ1v) is 4.85. The maximum Gasteiger partial charge on any atom is 0.219 e. The zero-order chi connectivity index (χ0) is 9.68. The molecule has 1 saturated heterocycles. The second-order valence-corrected chi connectivity index (χ2v) is 3.55. The molecule has 0 aliphatic carbocycles. The fourth-order valence-corrected chi connectivity index (χ4v) is 1.61. The Morgan fingerprint density at radius 2 is 2.46 bits per heavy atom. The van der Waals surface area contributed by atoms with Crippen LogP contribution in [0.1, 0.15) is 12.8 Å². The minimum Gasteiger partial charge on any atom is -0.359 e.